The van der Waals surface area contributed by atoms with Crippen LogP contribution in [0.5, 0.6) is 5.75 Å². The maximum absolute atomic E-state index is 6.14. The Hall–Kier alpha value is -1.79. The number of hydrogen-bond donors (Lipinski definition) is 2. The third kappa shape index (κ3) is 3.67. The molecule has 1 aromatic carbocycles. The van der Waals surface area contributed by atoms with Crippen LogP contribution in [0.25, 0.3) is 0 Å². The summed E-state index contributed by atoms with van der Waals surface area (Å²) in [4.78, 5) is 9.64. The maximum Gasteiger partial charge on any atom is 0.191 e. The van der Waals surface area contributed by atoms with Crippen LogP contribution in [0.4, 0.5) is 0 Å². The van der Waals surface area contributed by atoms with E-state index in [1.165, 1.54) is 31.7 Å². The number of ether oxygens (including phenoxy) is 1. The summed E-state index contributed by atoms with van der Waals surface area (Å²) in [6, 6.07) is 9.09. The summed E-state index contributed by atoms with van der Waals surface area (Å²) in [7, 11) is 1.85. The average molecular weight is 358 g/mol. The molecule has 0 spiro atoms. The Morgan fingerprint density at radius 2 is 2.00 bits per heavy atom. The molecule has 0 aromatic heterocycles. The van der Waals surface area contributed by atoms with Gasteiger partial charge in [0.15, 0.2) is 5.96 Å². The molecule has 2 atom stereocenters. The summed E-state index contributed by atoms with van der Waals surface area (Å²) in [5.41, 5.74) is 1.02. The van der Waals surface area contributed by atoms with Gasteiger partial charge >= 0.3 is 0 Å². The van der Waals surface area contributed by atoms with Crippen LogP contribution in [-0.2, 0) is 0 Å². The highest BCUT2D eigenvalue weighted by Crippen LogP contribution is 2.39. The summed E-state index contributed by atoms with van der Waals surface area (Å²) >= 11 is 0. The second kappa shape index (κ2) is 7.08. The molecular formula is C20H31N5O. The molecule has 3 fully saturated rings. The molecule has 0 radical (unpaired) electrons. The fraction of sp³-hybridized carbons (Fsp3) is 0.650. The van der Waals surface area contributed by atoms with Crippen LogP contribution in [0, 0.1) is 0 Å². The van der Waals surface area contributed by atoms with Crippen molar-refractivity contribution in [2.24, 2.45) is 4.99 Å². The van der Waals surface area contributed by atoms with Crippen LogP contribution in [0.2, 0.25) is 0 Å². The van der Waals surface area contributed by atoms with Crippen LogP contribution >= 0.6 is 0 Å². The molecule has 142 valence electrons. The van der Waals surface area contributed by atoms with Crippen molar-refractivity contribution in [3.05, 3.63) is 29.8 Å². The van der Waals surface area contributed by atoms with Crippen molar-refractivity contribution in [2.75, 3.05) is 46.3 Å². The van der Waals surface area contributed by atoms with Gasteiger partial charge < -0.3 is 15.4 Å². The zero-order valence-electron chi connectivity index (χ0n) is 16.2. The lowest BCUT2D eigenvalue weighted by Crippen LogP contribution is -2.64. The molecule has 0 saturated carbocycles. The van der Waals surface area contributed by atoms with Crippen molar-refractivity contribution in [3.8, 4) is 5.75 Å². The standard InChI is InChI=1S/C20H31N5O/c1-20(2)12-17(16-6-4-5-7-18(16)26-20)23-19(21-3)22-13-15-14-24-8-10-25(15)11-9-24/h4-7,15,17H,8-14H2,1-3H3,(H2,21,22,23). The van der Waals surface area contributed by atoms with E-state index in [4.69, 9.17) is 4.74 Å². The monoisotopic (exact) mass is 357 g/mol. The van der Waals surface area contributed by atoms with Gasteiger partial charge in [0.25, 0.3) is 0 Å². The number of hydrogen-bond acceptors (Lipinski definition) is 4. The Balaban J connectivity index is 1.40. The van der Waals surface area contributed by atoms with E-state index in [0.29, 0.717) is 6.04 Å². The molecule has 26 heavy (non-hydrogen) atoms. The highest BCUT2D eigenvalue weighted by Gasteiger charge is 2.35. The van der Waals surface area contributed by atoms with E-state index >= 15 is 0 Å². The minimum atomic E-state index is -0.188. The summed E-state index contributed by atoms with van der Waals surface area (Å²) in [6.07, 6.45) is 0.911. The van der Waals surface area contributed by atoms with Gasteiger partial charge in [0.2, 0.25) is 0 Å². The van der Waals surface area contributed by atoms with Gasteiger partial charge in [-0.05, 0) is 19.9 Å². The Morgan fingerprint density at radius 1 is 1.23 bits per heavy atom. The molecule has 2 unspecified atom stereocenters. The fourth-order valence-electron chi connectivity index (χ4n) is 4.42. The molecule has 4 heterocycles. The van der Waals surface area contributed by atoms with E-state index in [1.54, 1.807) is 0 Å². The third-order valence-electron chi connectivity index (χ3n) is 5.81. The molecule has 2 bridgehead atoms. The Kier molecular flexibility index (Phi) is 4.80. The summed E-state index contributed by atoms with van der Waals surface area (Å²) in [5.74, 6) is 1.85. The predicted molar refractivity (Wildman–Crippen MR) is 105 cm³/mol. The van der Waals surface area contributed by atoms with E-state index in [2.05, 4.69) is 57.5 Å². The zero-order chi connectivity index (χ0) is 18.1. The van der Waals surface area contributed by atoms with Gasteiger partial charge in [0, 0.05) is 64.3 Å². The maximum atomic E-state index is 6.14. The number of para-hydroxylation sites is 1. The molecule has 0 amide bonds. The van der Waals surface area contributed by atoms with Crippen molar-refractivity contribution >= 4 is 5.96 Å². The van der Waals surface area contributed by atoms with Crippen LogP contribution in [0.1, 0.15) is 31.9 Å². The number of nitrogens with one attached hydrogen (secondary N) is 2. The topological polar surface area (TPSA) is 52.1 Å². The first-order valence-corrected chi connectivity index (χ1v) is 9.75. The van der Waals surface area contributed by atoms with Crippen molar-refractivity contribution in [2.45, 2.75) is 38.0 Å². The molecule has 2 N–H and O–H groups in total. The molecule has 6 heteroatoms. The normalized spacial score (nSPS) is 32.5. The zero-order valence-corrected chi connectivity index (χ0v) is 16.2. The summed E-state index contributed by atoms with van der Waals surface area (Å²) in [5, 5.41) is 7.19. The molecule has 6 nitrogen and oxygen atoms in total. The lowest BCUT2D eigenvalue weighted by Gasteiger charge is -2.47. The Bertz CT molecular complexity index is 666. The number of guanidine groups is 1. The minimum Gasteiger partial charge on any atom is -0.487 e. The van der Waals surface area contributed by atoms with Crippen molar-refractivity contribution in [1.29, 1.82) is 0 Å². The van der Waals surface area contributed by atoms with Crippen LogP contribution in [0.3, 0.4) is 0 Å². The molecule has 1 aromatic rings. The van der Waals surface area contributed by atoms with Gasteiger partial charge in [-0.1, -0.05) is 18.2 Å². The van der Waals surface area contributed by atoms with Gasteiger partial charge in [-0.3, -0.25) is 14.8 Å². The SMILES string of the molecule is CN=C(NCC1CN2CCN1CC2)NC1CC(C)(C)Oc2ccccc21. The average Bonchev–Trinajstić information content (AvgIpc) is 2.65. The molecule has 5 rings (SSSR count). The number of rotatable bonds is 3. The molecular weight excluding hydrogens is 326 g/mol. The first-order chi connectivity index (χ1) is 12.5. The van der Waals surface area contributed by atoms with Gasteiger partial charge in [-0.25, -0.2) is 0 Å². The Morgan fingerprint density at radius 3 is 2.69 bits per heavy atom. The summed E-state index contributed by atoms with van der Waals surface area (Å²) < 4.78 is 6.14. The van der Waals surface area contributed by atoms with Crippen molar-refractivity contribution in [1.82, 2.24) is 20.4 Å². The quantitative estimate of drug-likeness (QED) is 0.634. The van der Waals surface area contributed by atoms with E-state index in [0.717, 1.165) is 31.2 Å². The van der Waals surface area contributed by atoms with Crippen molar-refractivity contribution in [3.63, 3.8) is 0 Å². The molecule has 0 aliphatic carbocycles. The van der Waals surface area contributed by atoms with E-state index in [9.17, 15) is 0 Å². The first-order valence-electron chi connectivity index (χ1n) is 9.75. The highest BCUT2D eigenvalue weighted by molar-refractivity contribution is 5.80. The van der Waals surface area contributed by atoms with Gasteiger partial charge in [0.05, 0.1) is 6.04 Å². The smallest absolute Gasteiger partial charge is 0.191 e. The highest BCUT2D eigenvalue weighted by atomic mass is 16.5. The number of nitrogens with zero attached hydrogens (tertiary/aromatic N) is 3. The largest absolute Gasteiger partial charge is 0.487 e. The van der Waals surface area contributed by atoms with Crippen molar-refractivity contribution < 1.29 is 4.74 Å². The predicted octanol–water partition coefficient (Wildman–Crippen LogP) is 1.45. The summed E-state index contributed by atoms with van der Waals surface area (Å²) in [6.45, 7) is 11.2. The van der Waals surface area contributed by atoms with Crippen LogP contribution in [0.15, 0.2) is 29.3 Å². The van der Waals surface area contributed by atoms with E-state index in [-0.39, 0.29) is 11.6 Å². The first kappa shape index (κ1) is 17.6. The molecule has 4 aliphatic heterocycles. The number of benzene rings is 1. The fourth-order valence-corrected chi connectivity index (χ4v) is 4.42. The second-order valence-electron chi connectivity index (χ2n) is 8.24. The third-order valence-corrected chi connectivity index (χ3v) is 5.81. The minimum absolute atomic E-state index is 0.188. The van der Waals surface area contributed by atoms with E-state index in [1.807, 2.05) is 13.1 Å². The van der Waals surface area contributed by atoms with Crippen LogP contribution < -0.4 is 15.4 Å². The lowest BCUT2D eigenvalue weighted by molar-refractivity contribution is 0.0153. The van der Waals surface area contributed by atoms with Gasteiger partial charge in [-0.15, -0.1) is 0 Å². The van der Waals surface area contributed by atoms with Gasteiger partial charge in [-0.2, -0.15) is 0 Å². The second-order valence-corrected chi connectivity index (χ2v) is 8.24. The molecule has 3 saturated heterocycles. The van der Waals surface area contributed by atoms with Crippen LogP contribution in [-0.4, -0.2) is 73.7 Å². The molecule has 4 aliphatic rings. The van der Waals surface area contributed by atoms with E-state index < -0.39 is 0 Å². The number of fused-ring (bicyclic) bond motifs is 4. The Labute approximate surface area is 156 Å². The number of aliphatic imine (C=N–C) groups is 1. The number of piperazine rings is 3. The lowest BCUT2D eigenvalue weighted by atomic mass is 9.90. The van der Waals surface area contributed by atoms with Gasteiger partial charge in [0.1, 0.15) is 11.4 Å².